The molecule has 0 fully saturated rings. The van der Waals surface area contributed by atoms with Crippen LogP contribution >= 0.6 is 0 Å². The lowest BCUT2D eigenvalue weighted by Crippen LogP contribution is -2.53. The van der Waals surface area contributed by atoms with Crippen molar-refractivity contribution in [1.82, 2.24) is 20.6 Å². The summed E-state index contributed by atoms with van der Waals surface area (Å²) >= 11 is 0. The van der Waals surface area contributed by atoms with Gasteiger partial charge in [0.05, 0.1) is 18.1 Å². The number of carboxylic acids is 1. The fourth-order valence-electron chi connectivity index (χ4n) is 2.15. The molecule has 0 aliphatic rings. The summed E-state index contributed by atoms with van der Waals surface area (Å²) in [6.07, 6.45) is 4.87. The summed E-state index contributed by atoms with van der Waals surface area (Å²) in [4.78, 5) is 42.1. The fraction of sp³-hybridized carbons (Fsp3) is 0.600. The number of nitrogens with zero attached hydrogens (tertiary/aromatic N) is 1. The number of unbranched alkanes of at least 4 members (excludes halogenated alkanes) is 1. The van der Waals surface area contributed by atoms with Crippen LogP contribution in [0.25, 0.3) is 0 Å². The smallest absolute Gasteiger partial charge is 0.326 e. The molecule has 1 aromatic heterocycles. The van der Waals surface area contributed by atoms with Crippen LogP contribution in [0.15, 0.2) is 12.5 Å². The minimum atomic E-state index is -1.13. The van der Waals surface area contributed by atoms with Crippen molar-refractivity contribution in [3.05, 3.63) is 18.2 Å². The Bertz CT molecular complexity index is 562. The van der Waals surface area contributed by atoms with Crippen LogP contribution in [-0.2, 0) is 20.8 Å². The summed E-state index contributed by atoms with van der Waals surface area (Å²) in [6.45, 7) is 1.92. The lowest BCUT2D eigenvalue weighted by Gasteiger charge is -2.20. The van der Waals surface area contributed by atoms with Crippen LogP contribution in [0.2, 0.25) is 0 Å². The second-order valence-corrected chi connectivity index (χ2v) is 5.79. The standard InChI is InChI=1S/C15H26N6O4/c1-9(13(22)21-12(15(24)25)4-2-3-5-16)20-14(23)11(17)6-10-7-18-8-19-10/h7-9,11-12H,2-6,16-17H2,1H3,(H,18,19)(H,20,23)(H,21,22)(H,24,25)/t9-,11-,12-/m0/s1. The van der Waals surface area contributed by atoms with Gasteiger partial charge >= 0.3 is 5.97 Å². The van der Waals surface area contributed by atoms with Crippen molar-refractivity contribution < 1.29 is 19.5 Å². The molecule has 0 saturated carbocycles. The highest BCUT2D eigenvalue weighted by Crippen LogP contribution is 2.02. The van der Waals surface area contributed by atoms with Gasteiger partial charge in [0.1, 0.15) is 12.1 Å². The van der Waals surface area contributed by atoms with Crippen molar-refractivity contribution in [1.29, 1.82) is 0 Å². The van der Waals surface area contributed by atoms with Gasteiger partial charge < -0.3 is 32.2 Å². The molecule has 0 aliphatic carbocycles. The molecule has 0 aliphatic heterocycles. The number of nitrogens with one attached hydrogen (secondary N) is 3. The molecular weight excluding hydrogens is 328 g/mol. The number of aliphatic carboxylic acids is 1. The number of carboxylic acid groups (broad SMARTS) is 1. The second-order valence-electron chi connectivity index (χ2n) is 5.79. The molecule has 140 valence electrons. The maximum atomic E-state index is 12.1. The van der Waals surface area contributed by atoms with Gasteiger partial charge in [0.2, 0.25) is 11.8 Å². The number of imidazole rings is 1. The Kier molecular flexibility index (Phi) is 8.57. The van der Waals surface area contributed by atoms with Gasteiger partial charge in [-0.3, -0.25) is 9.59 Å². The van der Waals surface area contributed by atoms with Gasteiger partial charge in [-0.2, -0.15) is 0 Å². The molecule has 1 aromatic rings. The van der Waals surface area contributed by atoms with Crippen molar-refractivity contribution in [3.63, 3.8) is 0 Å². The van der Waals surface area contributed by atoms with Gasteiger partial charge in [0.15, 0.2) is 0 Å². The summed E-state index contributed by atoms with van der Waals surface area (Å²) < 4.78 is 0. The highest BCUT2D eigenvalue weighted by atomic mass is 16.4. The van der Waals surface area contributed by atoms with Crippen LogP contribution < -0.4 is 22.1 Å². The van der Waals surface area contributed by atoms with Crippen molar-refractivity contribution in [2.45, 2.75) is 50.7 Å². The van der Waals surface area contributed by atoms with Crippen molar-refractivity contribution >= 4 is 17.8 Å². The van der Waals surface area contributed by atoms with E-state index in [-0.39, 0.29) is 12.8 Å². The molecule has 25 heavy (non-hydrogen) atoms. The largest absolute Gasteiger partial charge is 0.480 e. The molecular formula is C15H26N6O4. The lowest BCUT2D eigenvalue weighted by molar-refractivity contribution is -0.142. The van der Waals surface area contributed by atoms with E-state index in [0.717, 1.165) is 0 Å². The van der Waals surface area contributed by atoms with E-state index in [0.29, 0.717) is 25.1 Å². The lowest BCUT2D eigenvalue weighted by atomic mass is 10.1. The summed E-state index contributed by atoms with van der Waals surface area (Å²) in [6, 6.07) is -2.79. The van der Waals surface area contributed by atoms with Crippen LogP contribution in [0, 0.1) is 0 Å². The van der Waals surface area contributed by atoms with Crippen molar-refractivity contribution in [2.75, 3.05) is 6.54 Å². The molecule has 1 rings (SSSR count). The Labute approximate surface area is 145 Å². The van der Waals surface area contributed by atoms with E-state index in [2.05, 4.69) is 20.6 Å². The first-order valence-electron chi connectivity index (χ1n) is 8.12. The third-order valence-corrected chi connectivity index (χ3v) is 3.63. The zero-order valence-electron chi connectivity index (χ0n) is 14.2. The highest BCUT2D eigenvalue weighted by Gasteiger charge is 2.25. The summed E-state index contributed by atoms with van der Waals surface area (Å²) in [7, 11) is 0. The Hall–Kier alpha value is -2.46. The SMILES string of the molecule is C[C@H](NC(=O)[C@@H](N)Cc1c[nH]cn1)C(=O)N[C@@H](CCCCN)C(=O)O. The molecule has 10 nitrogen and oxygen atoms in total. The van der Waals surface area contributed by atoms with Gasteiger partial charge in [-0.1, -0.05) is 0 Å². The first kappa shape index (κ1) is 20.6. The third kappa shape index (κ3) is 7.31. The van der Waals surface area contributed by atoms with Crippen LogP contribution in [0.4, 0.5) is 0 Å². The molecule has 10 heteroatoms. The number of nitrogens with two attached hydrogens (primary N) is 2. The average molecular weight is 354 g/mol. The first-order chi connectivity index (χ1) is 11.8. The monoisotopic (exact) mass is 354 g/mol. The Morgan fingerprint density at radius 2 is 2.00 bits per heavy atom. The number of hydrogen-bond donors (Lipinski definition) is 6. The number of H-pyrrole nitrogens is 1. The number of carbonyl (C=O) groups excluding carboxylic acids is 2. The molecule has 0 saturated heterocycles. The van der Waals surface area contributed by atoms with E-state index in [4.69, 9.17) is 16.6 Å². The Balaban J connectivity index is 2.47. The summed E-state index contributed by atoms with van der Waals surface area (Å²) in [5, 5.41) is 14.0. The molecule has 2 amide bonds. The van der Waals surface area contributed by atoms with E-state index in [1.54, 1.807) is 6.20 Å². The highest BCUT2D eigenvalue weighted by molar-refractivity contribution is 5.91. The summed E-state index contributed by atoms with van der Waals surface area (Å²) in [5.41, 5.74) is 11.8. The van der Waals surface area contributed by atoms with Gasteiger partial charge in [-0.25, -0.2) is 9.78 Å². The predicted octanol–water partition coefficient (Wildman–Crippen LogP) is -1.52. The molecule has 8 N–H and O–H groups in total. The van der Waals surface area contributed by atoms with Crippen LogP contribution in [0.1, 0.15) is 31.9 Å². The van der Waals surface area contributed by atoms with Gasteiger partial charge in [-0.05, 0) is 32.7 Å². The fourth-order valence-corrected chi connectivity index (χ4v) is 2.15. The number of carbonyl (C=O) groups is 3. The maximum Gasteiger partial charge on any atom is 0.326 e. The zero-order chi connectivity index (χ0) is 18.8. The van der Waals surface area contributed by atoms with Gasteiger partial charge in [0, 0.05) is 12.6 Å². The zero-order valence-corrected chi connectivity index (χ0v) is 14.2. The van der Waals surface area contributed by atoms with Crippen LogP contribution in [-0.4, -0.2) is 57.5 Å². The molecule has 0 radical (unpaired) electrons. The topological polar surface area (TPSA) is 176 Å². The van der Waals surface area contributed by atoms with E-state index < -0.39 is 35.9 Å². The van der Waals surface area contributed by atoms with Crippen LogP contribution in [0.5, 0.6) is 0 Å². The van der Waals surface area contributed by atoms with E-state index >= 15 is 0 Å². The van der Waals surface area contributed by atoms with Gasteiger partial charge in [-0.15, -0.1) is 0 Å². The van der Waals surface area contributed by atoms with Crippen molar-refractivity contribution in [2.24, 2.45) is 11.5 Å². The molecule has 1 heterocycles. The van der Waals surface area contributed by atoms with Crippen LogP contribution in [0.3, 0.4) is 0 Å². The number of aromatic amines is 1. The number of aromatic nitrogens is 2. The first-order valence-corrected chi connectivity index (χ1v) is 8.12. The predicted molar refractivity (Wildman–Crippen MR) is 90.3 cm³/mol. The number of amides is 2. The normalized spacial score (nSPS) is 14.4. The second kappa shape index (κ2) is 10.4. The third-order valence-electron chi connectivity index (χ3n) is 3.63. The Morgan fingerprint density at radius 3 is 2.56 bits per heavy atom. The van der Waals surface area contributed by atoms with Gasteiger partial charge in [0.25, 0.3) is 0 Å². The van der Waals surface area contributed by atoms with Crippen molar-refractivity contribution in [3.8, 4) is 0 Å². The molecule has 0 spiro atoms. The Morgan fingerprint density at radius 1 is 1.28 bits per heavy atom. The van der Waals surface area contributed by atoms with E-state index in [1.807, 2.05) is 0 Å². The number of rotatable bonds is 11. The molecule has 3 atom stereocenters. The quantitative estimate of drug-likeness (QED) is 0.261. The molecule has 0 bridgehead atoms. The summed E-state index contributed by atoms with van der Waals surface area (Å²) in [5.74, 6) is -2.22. The minimum absolute atomic E-state index is 0.223. The molecule has 0 aromatic carbocycles. The average Bonchev–Trinajstić information content (AvgIpc) is 3.06. The minimum Gasteiger partial charge on any atom is -0.480 e. The van der Waals surface area contributed by atoms with E-state index in [9.17, 15) is 14.4 Å². The number of hydrogen-bond acceptors (Lipinski definition) is 6. The van der Waals surface area contributed by atoms with E-state index in [1.165, 1.54) is 13.3 Å². The molecule has 0 unspecified atom stereocenters. The maximum absolute atomic E-state index is 12.1.